The van der Waals surface area contributed by atoms with E-state index in [9.17, 15) is 14.7 Å². The number of anilines is 1. The molecule has 2 amide bonds. The van der Waals surface area contributed by atoms with Gasteiger partial charge in [0.1, 0.15) is 5.75 Å². The lowest BCUT2D eigenvalue weighted by Crippen LogP contribution is -2.56. The Morgan fingerprint density at radius 3 is 2.55 bits per heavy atom. The molecule has 0 bridgehead atoms. The van der Waals surface area contributed by atoms with Crippen LogP contribution in [0.25, 0.3) is 0 Å². The summed E-state index contributed by atoms with van der Waals surface area (Å²) in [5, 5.41) is 14.2. The number of ether oxygens (including phenoxy) is 2. The fourth-order valence-electron chi connectivity index (χ4n) is 1.94. The number of methoxy groups -OCH3 is 1. The Hall–Kier alpha value is -2.28. The van der Waals surface area contributed by atoms with Crippen LogP contribution in [0.3, 0.4) is 0 Å². The van der Waals surface area contributed by atoms with Gasteiger partial charge in [-0.3, -0.25) is 0 Å². The molecule has 1 fully saturated rings. The number of urea groups is 1. The normalized spacial score (nSPS) is 21.2. The average molecular weight is 280 g/mol. The first-order chi connectivity index (χ1) is 9.55. The van der Waals surface area contributed by atoms with E-state index in [-0.39, 0.29) is 13.0 Å². The maximum Gasteiger partial charge on any atom is 0.332 e. The van der Waals surface area contributed by atoms with E-state index in [0.29, 0.717) is 18.0 Å². The highest BCUT2D eigenvalue weighted by atomic mass is 16.5. The van der Waals surface area contributed by atoms with Crippen molar-refractivity contribution < 1.29 is 24.2 Å². The molecule has 1 atom stereocenters. The third kappa shape index (κ3) is 3.00. The Morgan fingerprint density at radius 2 is 2.05 bits per heavy atom. The Balaban J connectivity index is 1.99. The van der Waals surface area contributed by atoms with Gasteiger partial charge in [-0.15, -0.1) is 0 Å². The number of nitrogens with one attached hydrogen (secondary N) is 2. The van der Waals surface area contributed by atoms with E-state index in [0.717, 1.165) is 0 Å². The molecule has 0 aromatic heterocycles. The van der Waals surface area contributed by atoms with Crippen LogP contribution in [0.15, 0.2) is 24.3 Å². The summed E-state index contributed by atoms with van der Waals surface area (Å²) in [6.45, 7) is 0.285. The predicted octanol–water partition coefficient (Wildman–Crippen LogP) is 1.06. The number of hydrogen-bond donors (Lipinski definition) is 3. The molecule has 1 aromatic rings. The molecule has 0 saturated carbocycles. The smallest absolute Gasteiger partial charge is 0.332 e. The van der Waals surface area contributed by atoms with Gasteiger partial charge in [0.15, 0.2) is 5.54 Å². The van der Waals surface area contributed by atoms with Crippen molar-refractivity contribution in [3.8, 4) is 5.75 Å². The summed E-state index contributed by atoms with van der Waals surface area (Å²) in [7, 11) is 1.55. The predicted molar refractivity (Wildman–Crippen MR) is 71.0 cm³/mol. The number of amides is 2. The lowest BCUT2D eigenvalue weighted by atomic mass is 9.99. The lowest BCUT2D eigenvalue weighted by molar-refractivity contribution is -0.144. The highest BCUT2D eigenvalue weighted by Gasteiger charge is 2.44. The van der Waals surface area contributed by atoms with Gasteiger partial charge in [-0.1, -0.05) is 0 Å². The van der Waals surface area contributed by atoms with Gasteiger partial charge in [0.2, 0.25) is 0 Å². The van der Waals surface area contributed by atoms with Crippen molar-refractivity contribution in [1.29, 1.82) is 0 Å². The van der Waals surface area contributed by atoms with Crippen molar-refractivity contribution >= 4 is 17.7 Å². The Kier molecular flexibility index (Phi) is 4.09. The van der Waals surface area contributed by atoms with E-state index < -0.39 is 17.5 Å². The van der Waals surface area contributed by atoms with Gasteiger partial charge in [0, 0.05) is 18.7 Å². The van der Waals surface area contributed by atoms with Crippen LogP contribution in [0.5, 0.6) is 5.75 Å². The maximum absolute atomic E-state index is 11.9. The summed E-state index contributed by atoms with van der Waals surface area (Å²) in [5.74, 6) is -0.429. The fraction of sp³-hybridized carbons (Fsp3) is 0.385. The molecule has 0 aliphatic carbocycles. The molecule has 20 heavy (non-hydrogen) atoms. The highest BCUT2D eigenvalue weighted by Crippen LogP contribution is 2.20. The summed E-state index contributed by atoms with van der Waals surface area (Å²) in [6.07, 6.45) is 0.248. The number of carboxylic acids is 1. The number of hydrogen-bond acceptors (Lipinski definition) is 4. The lowest BCUT2D eigenvalue weighted by Gasteiger charge is -2.23. The summed E-state index contributed by atoms with van der Waals surface area (Å²) < 4.78 is 10.1. The topological polar surface area (TPSA) is 96.9 Å². The van der Waals surface area contributed by atoms with Crippen LogP contribution < -0.4 is 15.4 Å². The van der Waals surface area contributed by atoms with Crippen LogP contribution in [0.4, 0.5) is 10.5 Å². The summed E-state index contributed by atoms with van der Waals surface area (Å²) in [6, 6.07) is 6.14. The summed E-state index contributed by atoms with van der Waals surface area (Å²) >= 11 is 0. The molecule has 1 aliphatic rings. The second-order valence-electron chi connectivity index (χ2n) is 4.50. The van der Waals surface area contributed by atoms with Gasteiger partial charge >= 0.3 is 12.0 Å². The summed E-state index contributed by atoms with van der Waals surface area (Å²) in [5.41, 5.74) is -0.806. The van der Waals surface area contributed by atoms with Crippen molar-refractivity contribution in [2.75, 3.05) is 25.6 Å². The molecule has 1 heterocycles. The second-order valence-corrected chi connectivity index (χ2v) is 4.50. The summed E-state index contributed by atoms with van der Waals surface area (Å²) in [4.78, 5) is 23.1. The quantitative estimate of drug-likeness (QED) is 0.766. The van der Waals surface area contributed by atoms with Crippen molar-refractivity contribution in [2.45, 2.75) is 12.0 Å². The van der Waals surface area contributed by atoms with E-state index in [1.807, 2.05) is 0 Å². The first-order valence-electron chi connectivity index (χ1n) is 6.10. The minimum Gasteiger partial charge on any atom is -0.497 e. The van der Waals surface area contributed by atoms with Gasteiger partial charge in [-0.05, 0) is 24.3 Å². The average Bonchev–Trinajstić information content (AvgIpc) is 2.89. The molecule has 3 N–H and O–H groups in total. The number of rotatable bonds is 4. The molecule has 7 nitrogen and oxygen atoms in total. The molecule has 1 aliphatic heterocycles. The van der Waals surface area contributed by atoms with Gasteiger partial charge in [0.25, 0.3) is 0 Å². The largest absolute Gasteiger partial charge is 0.497 e. The molecule has 0 radical (unpaired) electrons. The Morgan fingerprint density at radius 1 is 1.35 bits per heavy atom. The standard InChI is InChI=1S/C13H16N2O5/c1-19-10-4-2-9(3-5-10)14-12(18)15-13(11(16)17)6-7-20-8-13/h2-5H,6-8H2,1H3,(H,16,17)(H2,14,15,18). The first-order valence-corrected chi connectivity index (χ1v) is 6.10. The fourth-order valence-corrected chi connectivity index (χ4v) is 1.94. The molecular weight excluding hydrogens is 264 g/mol. The van der Waals surface area contributed by atoms with Crippen molar-refractivity contribution in [1.82, 2.24) is 5.32 Å². The van der Waals surface area contributed by atoms with E-state index in [4.69, 9.17) is 9.47 Å². The van der Waals surface area contributed by atoms with Crippen molar-refractivity contribution in [3.05, 3.63) is 24.3 Å². The Bertz CT molecular complexity index is 494. The van der Waals surface area contributed by atoms with Crippen LogP contribution in [-0.4, -0.2) is 43.0 Å². The van der Waals surface area contributed by atoms with Crippen molar-refractivity contribution in [3.63, 3.8) is 0 Å². The molecular formula is C13H16N2O5. The van der Waals surface area contributed by atoms with E-state index in [2.05, 4.69) is 10.6 Å². The van der Waals surface area contributed by atoms with Crippen LogP contribution >= 0.6 is 0 Å². The number of aliphatic carboxylic acids is 1. The van der Waals surface area contributed by atoms with Crippen molar-refractivity contribution in [2.24, 2.45) is 0 Å². The van der Waals surface area contributed by atoms with E-state index in [1.165, 1.54) is 0 Å². The highest BCUT2D eigenvalue weighted by molar-refractivity contribution is 5.94. The molecule has 1 saturated heterocycles. The van der Waals surface area contributed by atoms with Gasteiger partial charge in [-0.25, -0.2) is 9.59 Å². The third-order valence-corrected chi connectivity index (χ3v) is 3.13. The molecule has 0 spiro atoms. The molecule has 2 rings (SSSR count). The molecule has 7 heteroatoms. The van der Waals surface area contributed by atoms with Gasteiger partial charge in [0.05, 0.1) is 13.7 Å². The minimum atomic E-state index is -1.35. The van der Waals surface area contributed by atoms with E-state index in [1.54, 1.807) is 31.4 Å². The molecule has 1 aromatic carbocycles. The molecule has 1 unspecified atom stereocenters. The number of benzene rings is 1. The minimum absolute atomic E-state index is 0.0294. The van der Waals surface area contributed by atoms with Gasteiger partial charge < -0.3 is 25.2 Å². The monoisotopic (exact) mass is 280 g/mol. The zero-order valence-corrected chi connectivity index (χ0v) is 11.0. The van der Waals surface area contributed by atoms with Crippen LogP contribution in [0.2, 0.25) is 0 Å². The van der Waals surface area contributed by atoms with E-state index >= 15 is 0 Å². The first kappa shape index (κ1) is 14.1. The maximum atomic E-state index is 11.9. The second kappa shape index (κ2) is 5.79. The molecule has 108 valence electrons. The zero-order chi connectivity index (χ0) is 14.6. The SMILES string of the molecule is COc1ccc(NC(=O)NC2(C(=O)O)CCOC2)cc1. The van der Waals surface area contributed by atoms with Crippen LogP contribution in [0, 0.1) is 0 Å². The van der Waals surface area contributed by atoms with Crippen LogP contribution in [-0.2, 0) is 9.53 Å². The third-order valence-electron chi connectivity index (χ3n) is 3.13. The number of carbonyl (C=O) groups excluding carboxylic acids is 1. The zero-order valence-electron chi connectivity index (χ0n) is 11.0. The number of carboxylic acid groups (broad SMARTS) is 1. The van der Waals surface area contributed by atoms with Crippen LogP contribution in [0.1, 0.15) is 6.42 Å². The van der Waals surface area contributed by atoms with Gasteiger partial charge in [-0.2, -0.15) is 0 Å². The Labute approximate surface area is 115 Å². The number of carbonyl (C=O) groups is 2.